The number of carbonyl (C=O) groups is 2. The third kappa shape index (κ3) is 6.16. The number of benzene rings is 1. The zero-order valence-corrected chi connectivity index (χ0v) is 13.2. The second-order valence-corrected chi connectivity index (χ2v) is 5.15. The van der Waals surface area contributed by atoms with Gasteiger partial charge < -0.3 is 15.4 Å². The minimum atomic E-state index is -0.260. The lowest BCUT2D eigenvalue weighted by molar-refractivity contribution is -0.143. The van der Waals surface area contributed by atoms with Gasteiger partial charge in [-0.1, -0.05) is 15.9 Å². The van der Waals surface area contributed by atoms with E-state index in [0.717, 1.165) is 15.7 Å². The number of anilines is 1. The normalized spacial score (nSPS) is 10.2. The quantitative estimate of drug-likeness (QED) is 0.589. The molecule has 5 nitrogen and oxygen atoms in total. The van der Waals surface area contributed by atoms with Crippen LogP contribution >= 0.6 is 15.9 Å². The predicted octanol–water partition coefficient (Wildman–Crippen LogP) is 2.24. The van der Waals surface area contributed by atoms with Gasteiger partial charge in [-0.15, -0.1) is 0 Å². The molecule has 0 saturated heterocycles. The molecule has 1 aromatic rings. The first-order chi connectivity index (χ1) is 9.52. The predicted molar refractivity (Wildman–Crippen MR) is 81.6 cm³/mol. The van der Waals surface area contributed by atoms with Gasteiger partial charge in [0.05, 0.1) is 19.6 Å². The van der Waals surface area contributed by atoms with Crippen LogP contribution < -0.4 is 10.6 Å². The minimum Gasteiger partial charge on any atom is -0.466 e. The summed E-state index contributed by atoms with van der Waals surface area (Å²) in [5, 5.41) is 5.72. The van der Waals surface area contributed by atoms with Gasteiger partial charge in [-0.05, 0) is 37.6 Å². The maximum Gasteiger partial charge on any atom is 0.307 e. The monoisotopic (exact) mass is 342 g/mol. The Labute approximate surface area is 127 Å². The molecule has 0 fully saturated rings. The number of amides is 1. The number of ether oxygens (including phenoxy) is 1. The Morgan fingerprint density at radius 2 is 2.10 bits per heavy atom. The summed E-state index contributed by atoms with van der Waals surface area (Å²) in [5.74, 6) is -0.400. The Morgan fingerprint density at radius 3 is 2.75 bits per heavy atom. The molecule has 0 spiro atoms. The highest BCUT2D eigenvalue weighted by molar-refractivity contribution is 9.10. The minimum absolute atomic E-state index is 0.140. The molecular formula is C14H19BrN2O3. The van der Waals surface area contributed by atoms with Gasteiger partial charge in [-0.25, -0.2) is 0 Å². The number of hydrogen-bond donors (Lipinski definition) is 2. The first-order valence-corrected chi connectivity index (χ1v) is 7.24. The van der Waals surface area contributed by atoms with Gasteiger partial charge in [0.1, 0.15) is 0 Å². The molecule has 110 valence electrons. The molecule has 0 bridgehead atoms. The van der Waals surface area contributed by atoms with Gasteiger partial charge in [-0.2, -0.15) is 0 Å². The lowest BCUT2D eigenvalue weighted by Gasteiger charge is -2.09. The molecule has 1 aromatic carbocycles. The Bertz CT molecular complexity index is 477. The highest BCUT2D eigenvalue weighted by Crippen LogP contribution is 2.19. The number of nitrogens with one attached hydrogen (secondary N) is 2. The molecule has 0 aromatic heterocycles. The van der Waals surface area contributed by atoms with Crippen LogP contribution in [0, 0.1) is 6.92 Å². The summed E-state index contributed by atoms with van der Waals surface area (Å²) in [6.45, 7) is 4.65. The van der Waals surface area contributed by atoms with Crippen molar-refractivity contribution >= 4 is 33.5 Å². The summed E-state index contributed by atoms with van der Waals surface area (Å²) in [6, 6.07) is 5.65. The van der Waals surface area contributed by atoms with E-state index in [1.54, 1.807) is 6.92 Å². The van der Waals surface area contributed by atoms with Crippen LogP contribution in [0.3, 0.4) is 0 Å². The fourth-order valence-corrected chi connectivity index (χ4v) is 2.06. The van der Waals surface area contributed by atoms with E-state index in [1.807, 2.05) is 25.1 Å². The van der Waals surface area contributed by atoms with E-state index in [1.165, 1.54) is 0 Å². The summed E-state index contributed by atoms with van der Waals surface area (Å²) in [6.07, 6.45) is 0.262. The molecule has 2 N–H and O–H groups in total. The van der Waals surface area contributed by atoms with Crippen LogP contribution in [-0.4, -0.2) is 31.6 Å². The topological polar surface area (TPSA) is 67.4 Å². The van der Waals surface area contributed by atoms with Gasteiger partial charge in [0.25, 0.3) is 0 Å². The van der Waals surface area contributed by atoms with Crippen molar-refractivity contribution < 1.29 is 14.3 Å². The first kappa shape index (κ1) is 16.7. The van der Waals surface area contributed by atoms with Gasteiger partial charge in [-0.3, -0.25) is 9.59 Å². The molecule has 0 unspecified atom stereocenters. The second-order valence-electron chi connectivity index (χ2n) is 4.24. The SMILES string of the molecule is CCOC(=O)CCNCC(=O)Nc1ccc(Br)cc1C. The molecule has 1 amide bonds. The Morgan fingerprint density at radius 1 is 1.35 bits per heavy atom. The van der Waals surface area contributed by atoms with Crippen molar-refractivity contribution in [2.24, 2.45) is 0 Å². The molecule has 0 aliphatic heterocycles. The van der Waals surface area contributed by atoms with E-state index >= 15 is 0 Å². The van der Waals surface area contributed by atoms with Crippen LogP contribution in [0.4, 0.5) is 5.69 Å². The zero-order chi connectivity index (χ0) is 15.0. The first-order valence-electron chi connectivity index (χ1n) is 6.45. The van der Waals surface area contributed by atoms with Crippen LogP contribution in [0.2, 0.25) is 0 Å². The molecule has 0 radical (unpaired) electrons. The highest BCUT2D eigenvalue weighted by atomic mass is 79.9. The number of rotatable bonds is 7. The highest BCUT2D eigenvalue weighted by Gasteiger charge is 2.06. The largest absolute Gasteiger partial charge is 0.466 e. The molecule has 0 aliphatic rings. The number of aryl methyl sites for hydroxylation is 1. The van der Waals surface area contributed by atoms with Crippen molar-refractivity contribution in [3.8, 4) is 0 Å². The van der Waals surface area contributed by atoms with Gasteiger partial charge in [0.2, 0.25) is 5.91 Å². The van der Waals surface area contributed by atoms with Crippen LogP contribution in [0.15, 0.2) is 22.7 Å². The molecule has 20 heavy (non-hydrogen) atoms. The zero-order valence-electron chi connectivity index (χ0n) is 11.7. The Kier molecular flexibility index (Phi) is 7.25. The average Bonchev–Trinajstić information content (AvgIpc) is 2.38. The summed E-state index contributed by atoms with van der Waals surface area (Å²) >= 11 is 3.37. The van der Waals surface area contributed by atoms with Gasteiger partial charge >= 0.3 is 5.97 Å². The molecule has 0 saturated carbocycles. The molecule has 0 heterocycles. The van der Waals surface area contributed by atoms with Crippen LogP contribution in [0.25, 0.3) is 0 Å². The summed E-state index contributed by atoms with van der Waals surface area (Å²) in [7, 11) is 0. The van der Waals surface area contributed by atoms with Crippen LogP contribution in [-0.2, 0) is 14.3 Å². The second kappa shape index (κ2) is 8.71. The number of esters is 1. The molecule has 0 aliphatic carbocycles. The van der Waals surface area contributed by atoms with Crippen molar-refractivity contribution in [2.75, 3.05) is 25.0 Å². The van der Waals surface area contributed by atoms with Crippen LogP contribution in [0.5, 0.6) is 0 Å². The lowest BCUT2D eigenvalue weighted by Crippen LogP contribution is -2.30. The van der Waals surface area contributed by atoms with E-state index < -0.39 is 0 Å². The number of hydrogen-bond acceptors (Lipinski definition) is 4. The van der Waals surface area contributed by atoms with E-state index in [0.29, 0.717) is 13.2 Å². The Hall–Kier alpha value is -1.40. The maximum absolute atomic E-state index is 11.7. The summed E-state index contributed by atoms with van der Waals surface area (Å²) in [4.78, 5) is 22.8. The standard InChI is InChI=1S/C14H19BrN2O3/c1-3-20-14(19)6-7-16-9-13(18)17-12-5-4-11(15)8-10(12)2/h4-5,8,16H,3,6-7,9H2,1-2H3,(H,17,18). The third-order valence-corrected chi connectivity index (χ3v) is 3.05. The summed E-state index contributed by atoms with van der Waals surface area (Å²) < 4.78 is 5.76. The molecular weight excluding hydrogens is 324 g/mol. The van der Waals surface area contributed by atoms with Crippen molar-refractivity contribution in [1.82, 2.24) is 5.32 Å². The van der Waals surface area contributed by atoms with E-state index in [-0.39, 0.29) is 24.8 Å². The molecule has 6 heteroatoms. The van der Waals surface area contributed by atoms with Crippen molar-refractivity contribution in [1.29, 1.82) is 0 Å². The van der Waals surface area contributed by atoms with E-state index in [2.05, 4.69) is 26.6 Å². The van der Waals surface area contributed by atoms with Gasteiger partial charge in [0, 0.05) is 16.7 Å². The number of halogens is 1. The van der Waals surface area contributed by atoms with E-state index in [9.17, 15) is 9.59 Å². The third-order valence-electron chi connectivity index (χ3n) is 2.56. The van der Waals surface area contributed by atoms with Crippen molar-refractivity contribution in [2.45, 2.75) is 20.3 Å². The van der Waals surface area contributed by atoms with E-state index in [4.69, 9.17) is 4.74 Å². The maximum atomic E-state index is 11.7. The van der Waals surface area contributed by atoms with Gasteiger partial charge in [0.15, 0.2) is 0 Å². The average molecular weight is 343 g/mol. The molecule has 1 rings (SSSR count). The lowest BCUT2D eigenvalue weighted by atomic mass is 10.2. The smallest absolute Gasteiger partial charge is 0.307 e. The summed E-state index contributed by atoms with van der Waals surface area (Å²) in [5.41, 5.74) is 1.77. The van der Waals surface area contributed by atoms with Crippen molar-refractivity contribution in [3.05, 3.63) is 28.2 Å². The van der Waals surface area contributed by atoms with Crippen LogP contribution in [0.1, 0.15) is 18.9 Å². The van der Waals surface area contributed by atoms with Crippen molar-refractivity contribution in [3.63, 3.8) is 0 Å². The fraction of sp³-hybridized carbons (Fsp3) is 0.429. The molecule has 0 atom stereocenters. The number of carbonyl (C=O) groups excluding carboxylic acids is 2. The fourth-order valence-electron chi connectivity index (χ4n) is 1.59. The Balaban J connectivity index is 2.28.